The van der Waals surface area contributed by atoms with Crippen molar-refractivity contribution in [3.8, 4) is 0 Å². The Morgan fingerprint density at radius 1 is 1.21 bits per heavy atom. The standard InChI is InChI=1S/C21H24ClNO4S/c1-14-10-19(14)20-7-6-18(27-20)12-23(17-8-9-28(25,26)13-17)21(24)11-15-2-4-16(22)5-3-15/h2-7,14,17,19H,8-13H2,1H3. The van der Waals surface area contributed by atoms with Crippen LogP contribution in [-0.2, 0) is 27.6 Å². The smallest absolute Gasteiger partial charge is 0.227 e. The van der Waals surface area contributed by atoms with Crippen molar-refractivity contribution in [1.29, 1.82) is 0 Å². The number of carbonyl (C=O) groups is 1. The Morgan fingerprint density at radius 3 is 2.54 bits per heavy atom. The summed E-state index contributed by atoms with van der Waals surface area (Å²) in [5.41, 5.74) is 0.854. The van der Waals surface area contributed by atoms with E-state index in [9.17, 15) is 13.2 Å². The van der Waals surface area contributed by atoms with Gasteiger partial charge in [0, 0.05) is 17.0 Å². The normalized spacial score (nSPS) is 25.6. The van der Waals surface area contributed by atoms with E-state index in [1.54, 1.807) is 17.0 Å². The Morgan fingerprint density at radius 2 is 1.93 bits per heavy atom. The van der Waals surface area contributed by atoms with Crippen LogP contribution in [0, 0.1) is 5.92 Å². The number of benzene rings is 1. The minimum atomic E-state index is -3.09. The van der Waals surface area contributed by atoms with Crippen molar-refractivity contribution >= 4 is 27.3 Å². The van der Waals surface area contributed by atoms with Crippen LogP contribution in [0.2, 0.25) is 5.02 Å². The Kier molecular flexibility index (Phi) is 5.27. The maximum atomic E-state index is 13.1. The van der Waals surface area contributed by atoms with Crippen molar-refractivity contribution in [2.45, 2.75) is 44.7 Å². The van der Waals surface area contributed by atoms with Gasteiger partial charge in [0.2, 0.25) is 5.91 Å². The SMILES string of the molecule is CC1CC1c1ccc(CN(C(=O)Cc2ccc(Cl)cc2)C2CCS(=O)(=O)C2)o1. The summed E-state index contributed by atoms with van der Waals surface area (Å²) in [4.78, 5) is 14.7. The molecule has 2 aliphatic rings. The fraction of sp³-hybridized carbons (Fsp3) is 0.476. The summed E-state index contributed by atoms with van der Waals surface area (Å²) in [7, 11) is -3.09. The maximum absolute atomic E-state index is 13.1. The molecule has 1 aromatic carbocycles. The number of rotatable bonds is 6. The van der Waals surface area contributed by atoms with Crippen molar-refractivity contribution in [3.05, 3.63) is 58.5 Å². The lowest BCUT2D eigenvalue weighted by molar-refractivity contribution is -0.133. The molecule has 2 fully saturated rings. The van der Waals surface area contributed by atoms with Gasteiger partial charge in [0.1, 0.15) is 11.5 Å². The van der Waals surface area contributed by atoms with Crippen molar-refractivity contribution in [3.63, 3.8) is 0 Å². The number of amides is 1. The zero-order valence-electron chi connectivity index (χ0n) is 15.8. The monoisotopic (exact) mass is 421 g/mol. The third-order valence-corrected chi connectivity index (χ3v) is 7.72. The zero-order valence-corrected chi connectivity index (χ0v) is 17.4. The molecule has 3 atom stereocenters. The summed E-state index contributed by atoms with van der Waals surface area (Å²) >= 11 is 5.92. The van der Waals surface area contributed by atoms with E-state index in [0.717, 1.165) is 17.7 Å². The first-order valence-corrected chi connectivity index (χ1v) is 11.8. The van der Waals surface area contributed by atoms with Crippen LogP contribution in [0.1, 0.15) is 42.8 Å². The van der Waals surface area contributed by atoms with Gasteiger partial charge in [-0.1, -0.05) is 30.7 Å². The average Bonchev–Trinajstić information content (AvgIpc) is 3.03. The highest BCUT2D eigenvalue weighted by atomic mass is 35.5. The first-order chi connectivity index (χ1) is 13.3. The topological polar surface area (TPSA) is 67.6 Å². The van der Waals surface area contributed by atoms with E-state index < -0.39 is 9.84 Å². The molecule has 1 saturated heterocycles. The summed E-state index contributed by atoms with van der Waals surface area (Å²) in [5.74, 6) is 2.84. The molecule has 1 aliphatic carbocycles. The molecule has 0 N–H and O–H groups in total. The molecule has 3 unspecified atom stereocenters. The molecule has 28 heavy (non-hydrogen) atoms. The number of hydrogen-bond acceptors (Lipinski definition) is 4. The molecule has 2 aromatic rings. The van der Waals surface area contributed by atoms with Crippen molar-refractivity contribution < 1.29 is 17.6 Å². The lowest BCUT2D eigenvalue weighted by Crippen LogP contribution is -2.41. The first kappa shape index (κ1) is 19.5. The van der Waals surface area contributed by atoms with E-state index in [4.69, 9.17) is 16.0 Å². The van der Waals surface area contributed by atoms with Crippen LogP contribution in [0.25, 0.3) is 0 Å². The summed E-state index contributed by atoms with van der Waals surface area (Å²) in [6, 6.07) is 10.7. The second-order valence-corrected chi connectivity index (χ2v) is 10.7. The molecule has 150 valence electrons. The van der Waals surface area contributed by atoms with E-state index in [-0.39, 0.29) is 29.9 Å². The van der Waals surface area contributed by atoms with E-state index >= 15 is 0 Å². The van der Waals surface area contributed by atoms with Gasteiger partial charge in [0.25, 0.3) is 0 Å². The van der Waals surface area contributed by atoms with Crippen LogP contribution in [0.5, 0.6) is 0 Å². The quantitative estimate of drug-likeness (QED) is 0.711. The van der Waals surface area contributed by atoms with Crippen LogP contribution in [0.15, 0.2) is 40.8 Å². The molecule has 0 radical (unpaired) electrons. The van der Waals surface area contributed by atoms with Gasteiger partial charge in [-0.15, -0.1) is 0 Å². The Balaban J connectivity index is 1.52. The number of furan rings is 1. The molecule has 1 amide bonds. The fourth-order valence-electron chi connectivity index (χ4n) is 3.89. The third kappa shape index (κ3) is 4.44. The Labute approximate surface area is 170 Å². The Hall–Kier alpha value is -1.79. The number of sulfone groups is 1. The highest BCUT2D eigenvalue weighted by Gasteiger charge is 2.38. The first-order valence-electron chi connectivity index (χ1n) is 9.64. The summed E-state index contributed by atoms with van der Waals surface area (Å²) in [6.45, 7) is 2.49. The molecule has 4 rings (SSSR count). The van der Waals surface area contributed by atoms with Crippen molar-refractivity contribution in [2.75, 3.05) is 11.5 Å². The predicted octanol–water partition coefficient (Wildman–Crippen LogP) is 3.81. The molecule has 5 nitrogen and oxygen atoms in total. The molecule has 1 aliphatic heterocycles. The van der Waals surface area contributed by atoms with Crippen LogP contribution < -0.4 is 0 Å². The predicted molar refractivity (Wildman–Crippen MR) is 108 cm³/mol. The number of carbonyl (C=O) groups excluding carboxylic acids is 1. The molecule has 0 spiro atoms. The zero-order chi connectivity index (χ0) is 19.9. The maximum Gasteiger partial charge on any atom is 0.227 e. The highest BCUT2D eigenvalue weighted by molar-refractivity contribution is 7.91. The third-order valence-electron chi connectivity index (χ3n) is 5.72. The van der Waals surface area contributed by atoms with E-state index in [2.05, 4.69) is 6.92 Å². The van der Waals surface area contributed by atoms with Gasteiger partial charge in [-0.25, -0.2) is 8.42 Å². The summed E-state index contributed by atoms with van der Waals surface area (Å²) in [5, 5.41) is 0.618. The molecule has 1 saturated carbocycles. The number of nitrogens with zero attached hydrogens (tertiary/aromatic N) is 1. The molecule has 7 heteroatoms. The van der Waals surface area contributed by atoms with Gasteiger partial charge in [-0.05, 0) is 48.6 Å². The van der Waals surface area contributed by atoms with Gasteiger partial charge >= 0.3 is 0 Å². The lowest BCUT2D eigenvalue weighted by Gasteiger charge is -2.27. The van der Waals surface area contributed by atoms with Crippen LogP contribution >= 0.6 is 11.6 Å². The second kappa shape index (κ2) is 7.56. The van der Waals surface area contributed by atoms with Gasteiger partial charge in [-0.3, -0.25) is 4.79 Å². The second-order valence-electron chi connectivity index (χ2n) is 8.01. The van der Waals surface area contributed by atoms with Crippen LogP contribution in [-0.4, -0.2) is 36.8 Å². The molecular weight excluding hydrogens is 398 g/mol. The largest absolute Gasteiger partial charge is 0.464 e. The molecule has 0 bridgehead atoms. The van der Waals surface area contributed by atoms with Crippen molar-refractivity contribution in [2.24, 2.45) is 5.92 Å². The van der Waals surface area contributed by atoms with Gasteiger partial charge in [0.05, 0.1) is 24.5 Å². The Bertz CT molecular complexity index is 967. The minimum absolute atomic E-state index is 0.0204. The molecular formula is C21H24ClNO4S. The van der Waals surface area contributed by atoms with E-state index in [1.807, 2.05) is 24.3 Å². The fourth-order valence-corrected chi connectivity index (χ4v) is 5.74. The van der Waals surface area contributed by atoms with Gasteiger partial charge in [-0.2, -0.15) is 0 Å². The molecule has 2 heterocycles. The number of hydrogen-bond donors (Lipinski definition) is 0. The number of halogens is 1. The van der Waals surface area contributed by atoms with Gasteiger partial charge < -0.3 is 9.32 Å². The van der Waals surface area contributed by atoms with Crippen molar-refractivity contribution in [1.82, 2.24) is 4.90 Å². The highest BCUT2D eigenvalue weighted by Crippen LogP contribution is 2.47. The minimum Gasteiger partial charge on any atom is -0.464 e. The molecule has 1 aromatic heterocycles. The van der Waals surface area contributed by atoms with Gasteiger partial charge in [0.15, 0.2) is 9.84 Å². The average molecular weight is 422 g/mol. The lowest BCUT2D eigenvalue weighted by atomic mass is 10.1. The summed E-state index contributed by atoms with van der Waals surface area (Å²) < 4.78 is 29.9. The van der Waals surface area contributed by atoms with E-state index in [1.165, 1.54) is 0 Å². The van der Waals surface area contributed by atoms with E-state index in [0.29, 0.717) is 35.6 Å². The van der Waals surface area contributed by atoms with Crippen LogP contribution in [0.3, 0.4) is 0 Å². The van der Waals surface area contributed by atoms with Crippen LogP contribution in [0.4, 0.5) is 0 Å². The summed E-state index contributed by atoms with van der Waals surface area (Å²) in [6.07, 6.45) is 1.82.